The highest BCUT2D eigenvalue weighted by Crippen LogP contribution is 2.27. The van der Waals surface area contributed by atoms with Gasteiger partial charge in [0.1, 0.15) is 18.1 Å². The highest BCUT2D eigenvalue weighted by Gasteiger charge is 2.29. The summed E-state index contributed by atoms with van der Waals surface area (Å²) in [4.78, 5) is 42.1. The van der Waals surface area contributed by atoms with Gasteiger partial charge in [-0.05, 0) is 37.3 Å². The summed E-state index contributed by atoms with van der Waals surface area (Å²) in [5.41, 5.74) is 1.12. The summed E-state index contributed by atoms with van der Waals surface area (Å²) in [6, 6.07) is 11.6. The SMILES string of the molecule is COc1ccccc1C(=O)Nc1ccc2c(c1)C(=O)N(C)C[C@H](OC)[C@@H](C)CN(C(C)=O)[C@@H](C)CO2. The zero-order chi connectivity index (χ0) is 26.4. The van der Waals surface area contributed by atoms with Crippen molar-refractivity contribution in [1.29, 1.82) is 0 Å². The van der Waals surface area contributed by atoms with E-state index in [1.807, 2.05) is 13.8 Å². The van der Waals surface area contributed by atoms with E-state index < -0.39 is 0 Å². The van der Waals surface area contributed by atoms with Crippen molar-refractivity contribution in [2.45, 2.75) is 32.9 Å². The van der Waals surface area contributed by atoms with Gasteiger partial charge in [-0.25, -0.2) is 0 Å². The molecular weight excluding hydrogens is 462 g/mol. The molecule has 1 aliphatic rings. The maximum atomic E-state index is 13.5. The van der Waals surface area contributed by atoms with Crippen LogP contribution in [0.15, 0.2) is 42.5 Å². The molecule has 0 saturated heterocycles. The number of nitrogens with zero attached hydrogens (tertiary/aromatic N) is 2. The Balaban J connectivity index is 1.95. The fraction of sp³-hybridized carbons (Fsp3) is 0.444. The summed E-state index contributed by atoms with van der Waals surface area (Å²) in [5, 5.41) is 2.84. The second-order valence-corrected chi connectivity index (χ2v) is 9.13. The molecule has 1 N–H and O–H groups in total. The number of methoxy groups -OCH3 is 2. The molecule has 0 fully saturated rings. The Bertz CT molecular complexity index is 1100. The molecule has 3 atom stereocenters. The number of rotatable bonds is 4. The van der Waals surface area contributed by atoms with Crippen LogP contribution in [-0.4, -0.2) is 80.6 Å². The van der Waals surface area contributed by atoms with Crippen LogP contribution in [0.25, 0.3) is 0 Å². The van der Waals surface area contributed by atoms with Crippen molar-refractivity contribution in [2.75, 3.05) is 46.3 Å². The van der Waals surface area contributed by atoms with E-state index in [4.69, 9.17) is 14.2 Å². The number of anilines is 1. The van der Waals surface area contributed by atoms with Gasteiger partial charge in [-0.3, -0.25) is 14.4 Å². The molecule has 0 unspecified atom stereocenters. The monoisotopic (exact) mass is 497 g/mol. The van der Waals surface area contributed by atoms with Gasteiger partial charge >= 0.3 is 0 Å². The lowest BCUT2D eigenvalue weighted by molar-refractivity contribution is -0.133. The second-order valence-electron chi connectivity index (χ2n) is 9.13. The van der Waals surface area contributed by atoms with E-state index >= 15 is 0 Å². The van der Waals surface area contributed by atoms with Gasteiger partial charge in [0.2, 0.25) is 5.91 Å². The Morgan fingerprint density at radius 3 is 2.47 bits per heavy atom. The minimum Gasteiger partial charge on any atom is -0.496 e. The van der Waals surface area contributed by atoms with Crippen molar-refractivity contribution in [2.24, 2.45) is 5.92 Å². The molecule has 36 heavy (non-hydrogen) atoms. The second kappa shape index (κ2) is 11.9. The molecule has 0 bridgehead atoms. The fourth-order valence-electron chi connectivity index (χ4n) is 4.32. The molecule has 3 rings (SSSR count). The lowest BCUT2D eigenvalue weighted by Crippen LogP contribution is -2.48. The topological polar surface area (TPSA) is 97.4 Å². The van der Waals surface area contributed by atoms with E-state index in [0.29, 0.717) is 41.4 Å². The first-order valence-corrected chi connectivity index (χ1v) is 11.9. The normalized spacial score (nSPS) is 20.9. The van der Waals surface area contributed by atoms with Crippen LogP contribution in [0.3, 0.4) is 0 Å². The lowest BCUT2D eigenvalue weighted by atomic mass is 10.0. The van der Waals surface area contributed by atoms with Crippen molar-refractivity contribution in [3.63, 3.8) is 0 Å². The van der Waals surface area contributed by atoms with Crippen LogP contribution < -0.4 is 14.8 Å². The number of hydrogen-bond acceptors (Lipinski definition) is 6. The van der Waals surface area contributed by atoms with Gasteiger partial charge in [0.15, 0.2) is 0 Å². The van der Waals surface area contributed by atoms with E-state index in [9.17, 15) is 14.4 Å². The number of ether oxygens (including phenoxy) is 3. The quantitative estimate of drug-likeness (QED) is 0.696. The molecule has 0 saturated carbocycles. The smallest absolute Gasteiger partial charge is 0.259 e. The molecule has 0 radical (unpaired) electrons. The fourth-order valence-corrected chi connectivity index (χ4v) is 4.32. The van der Waals surface area contributed by atoms with E-state index in [1.165, 1.54) is 14.0 Å². The molecule has 1 heterocycles. The molecule has 0 spiro atoms. The molecule has 9 nitrogen and oxygen atoms in total. The first-order valence-electron chi connectivity index (χ1n) is 11.9. The number of fused-ring (bicyclic) bond motifs is 1. The Kier molecular flexibility index (Phi) is 8.93. The van der Waals surface area contributed by atoms with Gasteiger partial charge in [-0.1, -0.05) is 19.1 Å². The third kappa shape index (κ3) is 6.15. The van der Waals surface area contributed by atoms with Gasteiger partial charge in [0.05, 0.1) is 30.4 Å². The first kappa shape index (κ1) is 27.0. The van der Waals surface area contributed by atoms with Crippen LogP contribution in [0.4, 0.5) is 5.69 Å². The molecule has 3 amide bonds. The summed E-state index contributed by atoms with van der Waals surface area (Å²) < 4.78 is 17.0. The minimum atomic E-state index is -0.360. The maximum Gasteiger partial charge on any atom is 0.259 e. The molecular formula is C27H35N3O6. The first-order chi connectivity index (χ1) is 17.2. The van der Waals surface area contributed by atoms with Crippen LogP contribution in [0.5, 0.6) is 11.5 Å². The van der Waals surface area contributed by atoms with Gasteiger partial charge in [-0.15, -0.1) is 0 Å². The molecule has 0 aromatic heterocycles. The zero-order valence-corrected chi connectivity index (χ0v) is 21.7. The van der Waals surface area contributed by atoms with Gasteiger partial charge in [0.25, 0.3) is 11.8 Å². The van der Waals surface area contributed by atoms with Gasteiger partial charge in [0, 0.05) is 45.8 Å². The summed E-state index contributed by atoms with van der Waals surface area (Å²) in [6.45, 7) is 6.48. The van der Waals surface area contributed by atoms with Crippen molar-refractivity contribution in [3.8, 4) is 11.5 Å². The lowest BCUT2D eigenvalue weighted by Gasteiger charge is -2.35. The van der Waals surface area contributed by atoms with E-state index in [2.05, 4.69) is 5.32 Å². The third-order valence-corrected chi connectivity index (χ3v) is 6.46. The number of likely N-dealkylation sites (N-methyl/N-ethyl adjacent to an activating group) is 1. The maximum absolute atomic E-state index is 13.5. The summed E-state index contributed by atoms with van der Waals surface area (Å²) in [7, 11) is 4.81. The van der Waals surface area contributed by atoms with Crippen molar-refractivity contribution in [3.05, 3.63) is 53.6 Å². The standard InChI is InChI=1S/C27H35N3O6/c1-17-14-30(19(3)31)18(2)16-36-24-12-11-20(13-22(24)27(33)29(4)15-25(17)35-6)28-26(32)21-9-7-8-10-23(21)34-5/h7-13,17-18,25H,14-16H2,1-6H3,(H,28,32)/t17-,18-,25-/m0/s1. The van der Waals surface area contributed by atoms with Crippen LogP contribution in [-0.2, 0) is 9.53 Å². The number of benzene rings is 2. The summed E-state index contributed by atoms with van der Waals surface area (Å²) in [6.07, 6.45) is -0.273. The molecule has 194 valence electrons. The molecule has 9 heteroatoms. The predicted octanol–water partition coefficient (Wildman–Crippen LogP) is 3.30. The van der Waals surface area contributed by atoms with Crippen LogP contribution in [0.2, 0.25) is 0 Å². The number of carbonyl (C=O) groups excluding carboxylic acids is 3. The average Bonchev–Trinajstić information content (AvgIpc) is 2.87. The van der Waals surface area contributed by atoms with Crippen LogP contribution in [0, 0.1) is 5.92 Å². The van der Waals surface area contributed by atoms with Crippen molar-refractivity contribution < 1.29 is 28.6 Å². The summed E-state index contributed by atoms with van der Waals surface area (Å²) >= 11 is 0. The predicted molar refractivity (Wildman–Crippen MR) is 137 cm³/mol. The Morgan fingerprint density at radius 1 is 1.08 bits per heavy atom. The van der Waals surface area contributed by atoms with Gasteiger partial charge < -0.3 is 29.3 Å². The third-order valence-electron chi connectivity index (χ3n) is 6.46. The number of hydrogen-bond donors (Lipinski definition) is 1. The highest BCUT2D eigenvalue weighted by atomic mass is 16.5. The average molecular weight is 498 g/mol. The largest absolute Gasteiger partial charge is 0.496 e. The van der Waals surface area contributed by atoms with E-state index in [1.54, 1.807) is 66.4 Å². The molecule has 0 aliphatic carbocycles. The molecule has 1 aliphatic heterocycles. The summed E-state index contributed by atoms with van der Waals surface area (Å²) in [5.74, 6) is 0.140. The minimum absolute atomic E-state index is 0.0121. The van der Waals surface area contributed by atoms with E-state index in [-0.39, 0.29) is 42.4 Å². The number of nitrogens with one attached hydrogen (secondary N) is 1. The Morgan fingerprint density at radius 2 is 1.81 bits per heavy atom. The van der Waals surface area contributed by atoms with Gasteiger partial charge in [-0.2, -0.15) is 0 Å². The highest BCUT2D eigenvalue weighted by molar-refractivity contribution is 6.07. The Hall–Kier alpha value is -3.59. The molecule has 2 aromatic carbocycles. The van der Waals surface area contributed by atoms with Crippen LogP contribution in [0.1, 0.15) is 41.5 Å². The number of carbonyl (C=O) groups is 3. The molecule has 2 aromatic rings. The van der Waals surface area contributed by atoms with Crippen molar-refractivity contribution in [1.82, 2.24) is 9.80 Å². The Labute approximate surface area is 212 Å². The van der Waals surface area contributed by atoms with Crippen molar-refractivity contribution >= 4 is 23.4 Å². The number of para-hydroxylation sites is 1. The number of amides is 3. The van der Waals surface area contributed by atoms with Crippen LogP contribution >= 0.6 is 0 Å². The zero-order valence-electron chi connectivity index (χ0n) is 21.7. The van der Waals surface area contributed by atoms with E-state index in [0.717, 1.165) is 0 Å².